The van der Waals surface area contributed by atoms with Gasteiger partial charge in [-0.05, 0) is 0 Å². The normalized spacial score (nSPS) is 9.85. The molecule has 2 rings (SSSR count). The van der Waals surface area contributed by atoms with Gasteiger partial charge in [-0.25, -0.2) is 9.13 Å². The summed E-state index contributed by atoms with van der Waals surface area (Å²) in [7, 11) is 1.69. The molecule has 0 fully saturated rings. The molecule has 0 spiro atoms. The van der Waals surface area contributed by atoms with Crippen LogP contribution in [0, 0.1) is 0 Å². The van der Waals surface area contributed by atoms with Crippen LogP contribution >= 0.6 is 0 Å². The van der Waals surface area contributed by atoms with E-state index in [1.807, 2.05) is 6.07 Å². The van der Waals surface area contributed by atoms with Crippen LogP contribution in [-0.2, 0) is 13.6 Å². The SMILES string of the molecule is C[n+]1cn(CC(=O)c2ccccc2)c(C(N)=O)c1N.[Br-]. The Morgan fingerprint density at radius 1 is 1.25 bits per heavy atom. The Bertz CT molecular complexity index is 637. The van der Waals surface area contributed by atoms with Crippen molar-refractivity contribution in [1.29, 1.82) is 0 Å². The van der Waals surface area contributed by atoms with E-state index in [4.69, 9.17) is 11.5 Å². The predicted molar refractivity (Wildman–Crippen MR) is 69.3 cm³/mol. The van der Waals surface area contributed by atoms with E-state index >= 15 is 0 Å². The number of benzene rings is 1. The number of rotatable bonds is 4. The second kappa shape index (κ2) is 6.33. The van der Waals surface area contributed by atoms with Gasteiger partial charge >= 0.3 is 0 Å². The van der Waals surface area contributed by atoms with E-state index in [0.717, 1.165) is 0 Å². The highest BCUT2D eigenvalue weighted by Crippen LogP contribution is 2.09. The number of carbonyl (C=O) groups is 2. The summed E-state index contributed by atoms with van der Waals surface area (Å²) in [5.41, 5.74) is 11.7. The number of nitrogens with zero attached hydrogens (tertiary/aromatic N) is 2. The molecule has 0 bridgehead atoms. The lowest BCUT2D eigenvalue weighted by molar-refractivity contribution is -0.656. The molecule has 20 heavy (non-hydrogen) atoms. The van der Waals surface area contributed by atoms with Crippen molar-refractivity contribution in [2.75, 3.05) is 5.73 Å². The number of amides is 1. The van der Waals surface area contributed by atoms with E-state index in [1.165, 1.54) is 4.57 Å². The van der Waals surface area contributed by atoms with Gasteiger partial charge < -0.3 is 28.4 Å². The molecule has 6 nitrogen and oxygen atoms in total. The maximum absolute atomic E-state index is 12.1. The second-order valence-electron chi connectivity index (χ2n) is 4.24. The molecule has 7 heteroatoms. The molecule has 0 aliphatic heterocycles. The maximum Gasteiger partial charge on any atom is 0.287 e. The Morgan fingerprint density at radius 3 is 2.40 bits per heavy atom. The Kier molecular flexibility index (Phi) is 5.04. The van der Waals surface area contributed by atoms with E-state index in [-0.39, 0.29) is 40.8 Å². The van der Waals surface area contributed by atoms with Crippen LogP contribution in [0.25, 0.3) is 0 Å². The van der Waals surface area contributed by atoms with Gasteiger partial charge in [-0.3, -0.25) is 9.59 Å². The van der Waals surface area contributed by atoms with Crippen LogP contribution in [-0.4, -0.2) is 16.3 Å². The van der Waals surface area contributed by atoms with Gasteiger partial charge in [0.25, 0.3) is 11.7 Å². The number of aromatic nitrogens is 2. The lowest BCUT2D eigenvalue weighted by atomic mass is 10.1. The molecule has 1 aromatic carbocycles. The number of aryl methyl sites for hydroxylation is 1. The molecule has 4 N–H and O–H groups in total. The average molecular weight is 339 g/mol. The zero-order valence-corrected chi connectivity index (χ0v) is 12.5. The van der Waals surface area contributed by atoms with Crippen LogP contribution in [0.5, 0.6) is 0 Å². The number of primary amides is 1. The van der Waals surface area contributed by atoms with E-state index in [0.29, 0.717) is 5.56 Å². The minimum Gasteiger partial charge on any atom is -1.00 e. The number of nitrogen functional groups attached to an aromatic ring is 1. The van der Waals surface area contributed by atoms with Crippen LogP contribution in [0.1, 0.15) is 20.8 Å². The number of carbonyl (C=O) groups excluding carboxylic acids is 2. The van der Waals surface area contributed by atoms with Gasteiger partial charge in [0.15, 0.2) is 12.1 Å². The first kappa shape index (κ1) is 15.9. The predicted octanol–water partition coefficient (Wildman–Crippen LogP) is -3.12. The van der Waals surface area contributed by atoms with Crippen molar-refractivity contribution < 1.29 is 31.1 Å². The average Bonchev–Trinajstić information content (AvgIpc) is 2.65. The summed E-state index contributed by atoms with van der Waals surface area (Å²) in [5.74, 6) is -0.522. The van der Waals surface area contributed by atoms with E-state index in [9.17, 15) is 9.59 Å². The molecular formula is C13H15BrN4O2. The minimum atomic E-state index is -0.654. The first-order valence-electron chi connectivity index (χ1n) is 5.73. The highest BCUT2D eigenvalue weighted by molar-refractivity contribution is 5.98. The Balaban J connectivity index is 0.00000200. The van der Waals surface area contributed by atoms with Gasteiger partial charge in [-0.1, -0.05) is 30.3 Å². The molecule has 1 aromatic heterocycles. The van der Waals surface area contributed by atoms with Crippen molar-refractivity contribution in [2.24, 2.45) is 12.8 Å². The smallest absolute Gasteiger partial charge is 0.287 e. The maximum atomic E-state index is 12.1. The number of hydrogen-bond acceptors (Lipinski definition) is 3. The van der Waals surface area contributed by atoms with Gasteiger partial charge in [0.1, 0.15) is 6.54 Å². The quantitative estimate of drug-likeness (QED) is 0.456. The van der Waals surface area contributed by atoms with Crippen LogP contribution in [0.15, 0.2) is 36.7 Å². The molecule has 1 heterocycles. The Hall–Kier alpha value is -2.15. The summed E-state index contributed by atoms with van der Waals surface area (Å²) in [6.45, 7) is 0.0212. The molecular weight excluding hydrogens is 324 g/mol. The van der Waals surface area contributed by atoms with Crippen LogP contribution in [0.2, 0.25) is 0 Å². The van der Waals surface area contributed by atoms with Crippen molar-refractivity contribution in [1.82, 2.24) is 4.57 Å². The summed E-state index contributed by atoms with van der Waals surface area (Å²) >= 11 is 0. The molecule has 0 aliphatic rings. The molecule has 0 saturated heterocycles. The van der Waals surface area contributed by atoms with Gasteiger partial charge in [0.05, 0.1) is 7.05 Å². The van der Waals surface area contributed by atoms with E-state index < -0.39 is 5.91 Å². The van der Waals surface area contributed by atoms with E-state index in [2.05, 4.69) is 0 Å². The lowest BCUT2D eigenvalue weighted by Crippen LogP contribution is -3.00. The van der Waals surface area contributed by atoms with Gasteiger partial charge in [-0.15, -0.1) is 0 Å². The number of halogens is 1. The fraction of sp³-hybridized carbons (Fsp3) is 0.154. The second-order valence-corrected chi connectivity index (χ2v) is 4.24. The zero-order chi connectivity index (χ0) is 14.0. The first-order valence-corrected chi connectivity index (χ1v) is 5.73. The summed E-state index contributed by atoms with van der Waals surface area (Å²) in [6.07, 6.45) is 1.58. The van der Waals surface area contributed by atoms with Crippen molar-refractivity contribution in [2.45, 2.75) is 6.54 Å². The number of nitrogens with two attached hydrogens (primary N) is 2. The van der Waals surface area contributed by atoms with Crippen molar-refractivity contribution >= 4 is 17.5 Å². The standard InChI is InChI=1S/C13H14N4O2.BrH/c1-16-8-17(11(12(16)14)13(15)19)7-10(18)9-5-3-2-4-6-9;/h2-6,8H,7H2,1H3,(H3-,14,15,19);1H. The van der Waals surface area contributed by atoms with Crippen LogP contribution in [0.4, 0.5) is 5.82 Å². The monoisotopic (exact) mass is 338 g/mol. The number of anilines is 1. The minimum absolute atomic E-state index is 0. The number of ketones is 1. The van der Waals surface area contributed by atoms with Crippen molar-refractivity contribution in [3.05, 3.63) is 47.9 Å². The third kappa shape index (κ3) is 3.05. The molecule has 0 saturated carbocycles. The molecule has 106 valence electrons. The molecule has 2 aromatic rings. The van der Waals surface area contributed by atoms with Gasteiger partial charge in [-0.2, -0.15) is 0 Å². The van der Waals surface area contributed by atoms with Crippen LogP contribution < -0.4 is 33.0 Å². The van der Waals surface area contributed by atoms with Crippen molar-refractivity contribution in [3.63, 3.8) is 0 Å². The topological polar surface area (TPSA) is 95.0 Å². The summed E-state index contributed by atoms with van der Waals surface area (Å²) in [6, 6.07) is 8.84. The molecule has 1 amide bonds. The number of imidazole rings is 1. The largest absolute Gasteiger partial charge is 1.00 e. The third-order valence-corrected chi connectivity index (χ3v) is 2.87. The highest BCUT2D eigenvalue weighted by atomic mass is 79.9. The molecule has 0 radical (unpaired) electrons. The molecule has 0 unspecified atom stereocenters. The van der Waals surface area contributed by atoms with Gasteiger partial charge in [0, 0.05) is 5.56 Å². The van der Waals surface area contributed by atoms with E-state index in [1.54, 1.807) is 42.2 Å². The van der Waals surface area contributed by atoms with Crippen molar-refractivity contribution in [3.8, 4) is 0 Å². The molecule has 0 aliphatic carbocycles. The first-order chi connectivity index (χ1) is 9.00. The zero-order valence-electron chi connectivity index (χ0n) is 10.9. The van der Waals surface area contributed by atoms with Crippen LogP contribution in [0.3, 0.4) is 0 Å². The highest BCUT2D eigenvalue weighted by Gasteiger charge is 2.24. The number of hydrogen-bond donors (Lipinski definition) is 2. The summed E-state index contributed by atoms with van der Waals surface area (Å²) in [4.78, 5) is 23.5. The summed E-state index contributed by atoms with van der Waals surface area (Å²) in [5, 5.41) is 0. The fourth-order valence-electron chi connectivity index (χ4n) is 1.90. The Labute approximate surface area is 126 Å². The number of Topliss-reactive ketones (excluding diaryl/α,β-unsaturated/α-hetero) is 1. The molecule has 0 atom stereocenters. The Morgan fingerprint density at radius 2 is 1.85 bits per heavy atom. The summed E-state index contributed by atoms with van der Waals surface area (Å²) < 4.78 is 3.02. The van der Waals surface area contributed by atoms with Gasteiger partial charge in [0.2, 0.25) is 5.69 Å². The lowest BCUT2D eigenvalue weighted by Gasteiger charge is -2.01. The third-order valence-electron chi connectivity index (χ3n) is 2.87. The fourth-order valence-corrected chi connectivity index (χ4v) is 1.90.